The molecule has 0 aromatic carbocycles. The Labute approximate surface area is 110 Å². The van der Waals surface area contributed by atoms with E-state index in [1.807, 2.05) is 6.92 Å². The van der Waals surface area contributed by atoms with Crippen LogP contribution in [-0.4, -0.2) is 26.9 Å². The second-order valence-electron chi connectivity index (χ2n) is 4.32. The molecule has 0 spiro atoms. The van der Waals surface area contributed by atoms with E-state index < -0.39 is 0 Å². The minimum atomic E-state index is -0.0325. The van der Waals surface area contributed by atoms with Gasteiger partial charge in [-0.25, -0.2) is 0 Å². The van der Waals surface area contributed by atoms with Crippen LogP contribution in [0, 0.1) is 0 Å². The summed E-state index contributed by atoms with van der Waals surface area (Å²) < 4.78 is 3.83. The lowest BCUT2D eigenvalue weighted by Crippen LogP contribution is -2.37. The molecular formula is C11H16ClN3OS. The van der Waals surface area contributed by atoms with Crippen LogP contribution in [0.15, 0.2) is 0 Å². The van der Waals surface area contributed by atoms with Crippen LogP contribution in [0.2, 0.25) is 0 Å². The Kier molecular flexibility index (Phi) is 4.34. The third-order valence-electron chi connectivity index (χ3n) is 3.09. The standard InChI is InChI=1S/C11H16ClN3OS/c1-2-9-10(17-15-14-9)11(16)13-8-5-3-7(12)4-6-8/h7-8H,2-6H2,1H3,(H,13,16). The highest BCUT2D eigenvalue weighted by atomic mass is 35.5. The molecule has 4 nitrogen and oxygen atoms in total. The van der Waals surface area contributed by atoms with E-state index in [1.54, 1.807) is 0 Å². The first-order valence-electron chi connectivity index (χ1n) is 5.96. The van der Waals surface area contributed by atoms with E-state index >= 15 is 0 Å². The van der Waals surface area contributed by atoms with E-state index in [-0.39, 0.29) is 17.3 Å². The zero-order valence-corrected chi connectivity index (χ0v) is 11.4. The molecule has 1 aromatic heterocycles. The molecule has 1 heterocycles. The average Bonchev–Trinajstić information content (AvgIpc) is 2.80. The predicted molar refractivity (Wildman–Crippen MR) is 68.7 cm³/mol. The highest BCUT2D eigenvalue weighted by molar-refractivity contribution is 7.08. The van der Waals surface area contributed by atoms with Gasteiger partial charge in [0.25, 0.3) is 5.91 Å². The molecule has 1 aliphatic rings. The molecule has 1 amide bonds. The first-order valence-corrected chi connectivity index (χ1v) is 7.17. The molecule has 1 aliphatic carbocycles. The summed E-state index contributed by atoms with van der Waals surface area (Å²) in [5.74, 6) is -0.0325. The maximum absolute atomic E-state index is 12.0. The normalized spacial score (nSPS) is 24.6. The van der Waals surface area contributed by atoms with Crippen molar-refractivity contribution in [2.45, 2.75) is 50.4 Å². The molecule has 1 saturated carbocycles. The monoisotopic (exact) mass is 273 g/mol. The summed E-state index contributed by atoms with van der Waals surface area (Å²) in [6.45, 7) is 1.98. The lowest BCUT2D eigenvalue weighted by molar-refractivity contribution is 0.0931. The number of carbonyl (C=O) groups excluding carboxylic acids is 1. The molecule has 0 radical (unpaired) electrons. The number of carbonyl (C=O) groups is 1. The van der Waals surface area contributed by atoms with Crippen LogP contribution in [0.25, 0.3) is 0 Å². The van der Waals surface area contributed by atoms with Gasteiger partial charge < -0.3 is 5.32 Å². The Morgan fingerprint density at radius 2 is 2.18 bits per heavy atom. The first kappa shape index (κ1) is 12.8. The lowest BCUT2D eigenvalue weighted by Gasteiger charge is -2.25. The molecule has 1 N–H and O–H groups in total. The molecule has 0 atom stereocenters. The van der Waals surface area contributed by atoms with Gasteiger partial charge in [-0.3, -0.25) is 4.79 Å². The fourth-order valence-corrected chi connectivity index (χ4v) is 2.97. The van der Waals surface area contributed by atoms with Gasteiger partial charge in [0.05, 0.1) is 5.69 Å². The van der Waals surface area contributed by atoms with Crippen molar-refractivity contribution >= 4 is 29.0 Å². The first-order chi connectivity index (χ1) is 8.20. The van der Waals surface area contributed by atoms with E-state index in [2.05, 4.69) is 14.9 Å². The summed E-state index contributed by atoms with van der Waals surface area (Å²) >= 11 is 7.21. The SMILES string of the molecule is CCc1nnsc1C(=O)NC1CCC(Cl)CC1. The Hall–Kier alpha value is -0.680. The summed E-state index contributed by atoms with van der Waals surface area (Å²) in [6, 6.07) is 0.254. The average molecular weight is 274 g/mol. The number of aryl methyl sites for hydroxylation is 1. The number of hydrogen-bond donors (Lipinski definition) is 1. The Balaban J connectivity index is 1.93. The molecule has 94 valence electrons. The van der Waals surface area contributed by atoms with Gasteiger partial charge in [-0.15, -0.1) is 16.7 Å². The molecular weight excluding hydrogens is 258 g/mol. The Morgan fingerprint density at radius 1 is 1.47 bits per heavy atom. The van der Waals surface area contributed by atoms with Crippen molar-refractivity contribution in [1.29, 1.82) is 0 Å². The minimum Gasteiger partial charge on any atom is -0.349 e. The maximum atomic E-state index is 12.0. The van der Waals surface area contributed by atoms with Gasteiger partial charge in [0.2, 0.25) is 0 Å². The van der Waals surface area contributed by atoms with Crippen LogP contribution in [0.1, 0.15) is 48.0 Å². The largest absolute Gasteiger partial charge is 0.349 e. The fraction of sp³-hybridized carbons (Fsp3) is 0.727. The maximum Gasteiger partial charge on any atom is 0.265 e. The Bertz CT molecular complexity index is 388. The van der Waals surface area contributed by atoms with Crippen LogP contribution < -0.4 is 5.32 Å². The van der Waals surface area contributed by atoms with E-state index in [0.717, 1.165) is 37.8 Å². The van der Waals surface area contributed by atoms with Crippen molar-refractivity contribution in [3.8, 4) is 0 Å². The van der Waals surface area contributed by atoms with E-state index in [1.165, 1.54) is 11.5 Å². The van der Waals surface area contributed by atoms with Gasteiger partial charge in [0.15, 0.2) is 0 Å². The van der Waals surface area contributed by atoms with E-state index in [4.69, 9.17) is 11.6 Å². The van der Waals surface area contributed by atoms with E-state index in [9.17, 15) is 4.79 Å². The number of alkyl halides is 1. The molecule has 2 rings (SSSR count). The zero-order chi connectivity index (χ0) is 12.3. The van der Waals surface area contributed by atoms with Crippen LogP contribution in [0.4, 0.5) is 0 Å². The summed E-state index contributed by atoms with van der Waals surface area (Å²) in [5, 5.41) is 7.27. The third-order valence-corrected chi connectivity index (χ3v) is 4.29. The molecule has 0 saturated heterocycles. The fourth-order valence-electron chi connectivity index (χ4n) is 2.06. The van der Waals surface area contributed by atoms with Crippen molar-refractivity contribution in [3.05, 3.63) is 10.6 Å². The van der Waals surface area contributed by atoms with Crippen molar-refractivity contribution < 1.29 is 4.79 Å². The summed E-state index contributed by atoms with van der Waals surface area (Å²) in [5.41, 5.74) is 0.790. The topological polar surface area (TPSA) is 54.9 Å². The van der Waals surface area contributed by atoms with Crippen molar-refractivity contribution in [2.75, 3.05) is 0 Å². The number of halogens is 1. The number of nitrogens with one attached hydrogen (secondary N) is 1. The van der Waals surface area contributed by atoms with Crippen molar-refractivity contribution in [3.63, 3.8) is 0 Å². The highest BCUT2D eigenvalue weighted by Crippen LogP contribution is 2.23. The quantitative estimate of drug-likeness (QED) is 0.861. The second-order valence-corrected chi connectivity index (χ2v) is 5.70. The lowest BCUT2D eigenvalue weighted by atomic mass is 9.95. The van der Waals surface area contributed by atoms with Gasteiger partial charge in [-0.2, -0.15) is 0 Å². The Morgan fingerprint density at radius 3 is 2.82 bits per heavy atom. The van der Waals surface area contributed by atoms with Crippen LogP contribution >= 0.6 is 23.1 Å². The van der Waals surface area contributed by atoms with Crippen molar-refractivity contribution in [1.82, 2.24) is 14.9 Å². The zero-order valence-electron chi connectivity index (χ0n) is 9.78. The number of amides is 1. The van der Waals surface area contributed by atoms with Crippen LogP contribution in [0.5, 0.6) is 0 Å². The van der Waals surface area contributed by atoms with E-state index in [0.29, 0.717) is 4.88 Å². The number of nitrogens with zero attached hydrogens (tertiary/aromatic N) is 2. The summed E-state index contributed by atoms with van der Waals surface area (Å²) in [4.78, 5) is 12.7. The number of hydrogen-bond acceptors (Lipinski definition) is 4. The van der Waals surface area contributed by atoms with Gasteiger partial charge >= 0.3 is 0 Å². The molecule has 17 heavy (non-hydrogen) atoms. The smallest absolute Gasteiger partial charge is 0.265 e. The molecule has 0 unspecified atom stereocenters. The molecule has 6 heteroatoms. The number of aromatic nitrogens is 2. The molecule has 0 bridgehead atoms. The van der Waals surface area contributed by atoms with Gasteiger partial charge in [-0.1, -0.05) is 11.4 Å². The summed E-state index contributed by atoms with van der Waals surface area (Å²) in [6.07, 6.45) is 4.64. The summed E-state index contributed by atoms with van der Waals surface area (Å²) in [7, 11) is 0. The number of rotatable bonds is 3. The van der Waals surface area contributed by atoms with Gasteiger partial charge in [-0.05, 0) is 43.6 Å². The third kappa shape index (κ3) is 3.16. The van der Waals surface area contributed by atoms with Crippen LogP contribution in [-0.2, 0) is 6.42 Å². The molecule has 1 aromatic rings. The minimum absolute atomic E-state index is 0.0325. The second kappa shape index (κ2) is 5.78. The van der Waals surface area contributed by atoms with Crippen molar-refractivity contribution in [2.24, 2.45) is 0 Å². The molecule has 1 fully saturated rings. The predicted octanol–water partition coefficient (Wildman–Crippen LogP) is 2.38. The van der Waals surface area contributed by atoms with Gasteiger partial charge in [0.1, 0.15) is 4.88 Å². The highest BCUT2D eigenvalue weighted by Gasteiger charge is 2.23. The van der Waals surface area contributed by atoms with Gasteiger partial charge in [0, 0.05) is 11.4 Å². The molecule has 0 aliphatic heterocycles. The van der Waals surface area contributed by atoms with Crippen LogP contribution in [0.3, 0.4) is 0 Å².